The van der Waals surface area contributed by atoms with E-state index in [1.807, 2.05) is 0 Å². The molecule has 85 heavy (non-hydrogen) atoms. The van der Waals surface area contributed by atoms with Crippen LogP contribution in [0.1, 0.15) is 130 Å². The third-order valence-corrected chi connectivity index (χ3v) is 14.0. The molecule has 0 aliphatic carbocycles. The molecule has 480 valence electrons. The molecule has 0 saturated heterocycles. The lowest BCUT2D eigenvalue weighted by Gasteiger charge is -2.29. The van der Waals surface area contributed by atoms with Crippen LogP contribution >= 0.6 is 11.8 Å². The summed E-state index contributed by atoms with van der Waals surface area (Å²) in [7, 11) is 0. The standard InChI is InChI=1S/C55H95N15O14S/c1-30(2)27-40(52(80)69-42(55(83)84)29-44(61)73)67-53(81)41(28-33-16-18-34(71)19-17-33)68-50(78)36(14-8-11-24-57)64-49(77)37(15-9-12-25-58)66-54(82)45(31(3)4)70-46(74)32(5)62-48(76)39(22-26-85-6)65-51(79)38(20-21-43(60)72)63-47(75)35(59)13-7-10-23-56/h16-19,30-32,35-42,45,71H,7-15,20-29,56-59H2,1-6H3,(H2,60,72)(H2,61,73)(H,62,76)(H,63,75)(H,64,77)(H,65,79)(H,66,82)(H,67,81)(H,68,78)(H,69,80)(H,70,74)(H,83,84)/t32-,35-,36-,37-,38-,39-,40-,41-,42-,45-/m0/s1. The van der Waals surface area contributed by atoms with E-state index in [1.54, 1.807) is 34.0 Å². The normalized spacial score (nSPS) is 14.7. The molecule has 0 spiro atoms. The Morgan fingerprint density at radius 1 is 0.482 bits per heavy atom. The summed E-state index contributed by atoms with van der Waals surface area (Å²) in [6.45, 7) is 8.94. The number of aromatic hydroxyl groups is 1. The number of aliphatic carboxylic acids is 1. The van der Waals surface area contributed by atoms with Crippen LogP contribution in [0.5, 0.6) is 5.75 Å². The Labute approximate surface area is 501 Å². The van der Waals surface area contributed by atoms with Crippen molar-refractivity contribution in [1.82, 2.24) is 47.9 Å². The molecule has 0 bridgehead atoms. The molecule has 0 radical (unpaired) electrons. The van der Waals surface area contributed by atoms with Gasteiger partial charge in [0.1, 0.15) is 60.1 Å². The topological polar surface area (TPSA) is 510 Å². The number of amides is 11. The molecule has 23 N–H and O–H groups in total. The van der Waals surface area contributed by atoms with Crippen LogP contribution in [0.25, 0.3) is 0 Å². The van der Waals surface area contributed by atoms with Crippen molar-refractivity contribution in [3.63, 3.8) is 0 Å². The first-order valence-corrected chi connectivity index (χ1v) is 30.1. The maximum absolute atomic E-state index is 14.4. The van der Waals surface area contributed by atoms with Gasteiger partial charge in [0.15, 0.2) is 0 Å². The number of hydrogen-bond donors (Lipinski definition) is 17. The van der Waals surface area contributed by atoms with E-state index in [2.05, 4.69) is 47.9 Å². The number of primary amides is 2. The summed E-state index contributed by atoms with van der Waals surface area (Å²) in [5.41, 5.74) is 34.2. The van der Waals surface area contributed by atoms with Crippen LogP contribution in [0.2, 0.25) is 0 Å². The summed E-state index contributed by atoms with van der Waals surface area (Å²) in [5.74, 6) is -11.2. The molecule has 0 unspecified atom stereocenters. The van der Waals surface area contributed by atoms with Crippen LogP contribution in [0.3, 0.4) is 0 Å². The van der Waals surface area contributed by atoms with Crippen LogP contribution in [-0.4, -0.2) is 173 Å². The summed E-state index contributed by atoms with van der Waals surface area (Å²) in [5, 5.41) is 42.9. The van der Waals surface area contributed by atoms with E-state index in [1.165, 1.54) is 43.0 Å². The zero-order valence-electron chi connectivity index (χ0n) is 49.8. The van der Waals surface area contributed by atoms with Gasteiger partial charge in [0, 0.05) is 12.8 Å². The number of carboxylic acid groups (broad SMARTS) is 1. The minimum absolute atomic E-state index is 0.00613. The zero-order valence-corrected chi connectivity index (χ0v) is 50.7. The van der Waals surface area contributed by atoms with Gasteiger partial charge in [-0.2, -0.15) is 11.8 Å². The molecule has 0 heterocycles. The zero-order chi connectivity index (χ0) is 64.3. The van der Waals surface area contributed by atoms with Crippen molar-refractivity contribution in [3.8, 4) is 5.75 Å². The van der Waals surface area contributed by atoms with Crippen molar-refractivity contribution in [2.75, 3.05) is 31.6 Å². The van der Waals surface area contributed by atoms with Gasteiger partial charge in [0.25, 0.3) is 0 Å². The van der Waals surface area contributed by atoms with Crippen molar-refractivity contribution in [1.29, 1.82) is 0 Å². The summed E-state index contributed by atoms with van der Waals surface area (Å²) >= 11 is 1.37. The number of benzene rings is 1. The van der Waals surface area contributed by atoms with Crippen molar-refractivity contribution < 1.29 is 67.7 Å². The number of nitrogens with one attached hydrogen (secondary N) is 9. The molecule has 0 aliphatic heterocycles. The molecule has 0 aliphatic rings. The Bertz CT molecular complexity index is 2350. The molecular formula is C55H95N15O14S. The molecule has 30 heteroatoms. The predicted molar refractivity (Wildman–Crippen MR) is 319 cm³/mol. The van der Waals surface area contributed by atoms with E-state index in [4.69, 9.17) is 34.4 Å². The molecule has 0 saturated carbocycles. The lowest BCUT2D eigenvalue weighted by molar-refractivity contribution is -0.144. The number of nitrogens with two attached hydrogens (primary N) is 6. The minimum Gasteiger partial charge on any atom is -0.508 e. The highest BCUT2D eigenvalue weighted by molar-refractivity contribution is 7.98. The van der Waals surface area contributed by atoms with E-state index in [9.17, 15) is 67.7 Å². The number of unbranched alkanes of at least 4 members (excludes halogenated alkanes) is 3. The molecule has 1 aromatic carbocycles. The summed E-state index contributed by atoms with van der Waals surface area (Å²) < 4.78 is 0. The molecular weight excluding hydrogens is 1130 g/mol. The fourth-order valence-electron chi connectivity index (χ4n) is 8.50. The molecule has 0 fully saturated rings. The van der Waals surface area contributed by atoms with Crippen molar-refractivity contribution in [2.45, 2.75) is 191 Å². The Morgan fingerprint density at radius 3 is 1.38 bits per heavy atom. The lowest BCUT2D eigenvalue weighted by atomic mass is 9.99. The van der Waals surface area contributed by atoms with Gasteiger partial charge in [-0.1, -0.05) is 46.2 Å². The summed E-state index contributed by atoms with van der Waals surface area (Å²) in [4.78, 5) is 160. The second-order valence-electron chi connectivity index (χ2n) is 21.6. The maximum atomic E-state index is 14.4. The number of rotatable bonds is 44. The molecule has 1 rings (SSSR count). The van der Waals surface area contributed by atoms with Crippen LogP contribution in [-0.2, 0) is 64.0 Å². The predicted octanol–water partition coefficient (Wildman–Crippen LogP) is -3.29. The molecule has 10 atom stereocenters. The Morgan fingerprint density at radius 2 is 0.906 bits per heavy atom. The van der Waals surface area contributed by atoms with Gasteiger partial charge in [0.2, 0.25) is 65.0 Å². The Balaban J connectivity index is 3.50. The fraction of sp³-hybridized carbons (Fsp3) is 0.673. The Kier molecular flexibility index (Phi) is 36.6. The molecule has 11 amide bonds. The van der Waals surface area contributed by atoms with Crippen LogP contribution in [0, 0.1) is 11.8 Å². The maximum Gasteiger partial charge on any atom is 0.326 e. The van der Waals surface area contributed by atoms with Crippen LogP contribution < -0.4 is 82.3 Å². The van der Waals surface area contributed by atoms with E-state index in [0.29, 0.717) is 56.4 Å². The van der Waals surface area contributed by atoms with Gasteiger partial charge in [-0.25, -0.2) is 4.79 Å². The van der Waals surface area contributed by atoms with Gasteiger partial charge in [-0.3, -0.25) is 52.7 Å². The smallest absolute Gasteiger partial charge is 0.326 e. The second-order valence-corrected chi connectivity index (χ2v) is 22.6. The van der Waals surface area contributed by atoms with E-state index in [0.717, 1.165) is 0 Å². The number of carbonyl (C=O) groups excluding carboxylic acids is 11. The fourth-order valence-corrected chi connectivity index (χ4v) is 8.97. The minimum atomic E-state index is -1.71. The van der Waals surface area contributed by atoms with E-state index in [-0.39, 0.29) is 76.1 Å². The SMILES string of the molecule is CSCC[C@H](NC(=O)[C@H](CCC(N)=O)NC(=O)[C@@H](N)CCCCN)C(=O)N[C@@H](C)C(=O)N[C@H](C(=O)N[C@@H](CCCCN)C(=O)N[C@@H](CCCCN)C(=O)N[C@@H](Cc1ccc(O)cc1)C(=O)N[C@@H](CC(C)C)C(=O)N[C@@H](CC(N)=O)C(=O)O)C(C)C. The lowest BCUT2D eigenvalue weighted by Crippen LogP contribution is -2.61. The third-order valence-electron chi connectivity index (χ3n) is 13.4. The highest BCUT2D eigenvalue weighted by Gasteiger charge is 2.36. The van der Waals surface area contributed by atoms with Gasteiger partial charge in [-0.05, 0) is 139 Å². The Hall–Kier alpha value is -7.15. The van der Waals surface area contributed by atoms with E-state index >= 15 is 0 Å². The molecule has 0 aromatic heterocycles. The number of phenolic OH excluding ortho intramolecular Hbond substituents is 1. The molecule has 29 nitrogen and oxygen atoms in total. The highest BCUT2D eigenvalue weighted by atomic mass is 32.2. The average Bonchev–Trinajstić information content (AvgIpc) is 3.61. The van der Waals surface area contributed by atoms with Crippen molar-refractivity contribution in [2.24, 2.45) is 46.2 Å². The largest absolute Gasteiger partial charge is 0.508 e. The number of carboxylic acids is 1. The van der Waals surface area contributed by atoms with Gasteiger partial charge in [-0.15, -0.1) is 0 Å². The van der Waals surface area contributed by atoms with Crippen LogP contribution in [0.4, 0.5) is 0 Å². The number of carbonyl (C=O) groups is 12. The van der Waals surface area contributed by atoms with Crippen LogP contribution in [0.15, 0.2) is 24.3 Å². The number of thioether (sulfide) groups is 1. The number of hydrogen-bond acceptors (Lipinski definition) is 18. The molecule has 1 aromatic rings. The first-order valence-electron chi connectivity index (χ1n) is 28.7. The van der Waals surface area contributed by atoms with Gasteiger partial charge in [0.05, 0.1) is 12.5 Å². The second kappa shape index (κ2) is 41.0. The monoisotopic (exact) mass is 1220 g/mol. The quantitative estimate of drug-likeness (QED) is 0.0285. The average molecular weight is 1220 g/mol. The van der Waals surface area contributed by atoms with Crippen molar-refractivity contribution in [3.05, 3.63) is 29.8 Å². The highest BCUT2D eigenvalue weighted by Crippen LogP contribution is 2.15. The number of phenols is 1. The third kappa shape index (κ3) is 30.5. The van der Waals surface area contributed by atoms with Crippen molar-refractivity contribution >= 4 is 82.7 Å². The summed E-state index contributed by atoms with van der Waals surface area (Å²) in [6, 6.07) is -7.65. The van der Waals surface area contributed by atoms with E-state index < -0.39 is 144 Å². The van der Waals surface area contributed by atoms with Gasteiger partial charge >= 0.3 is 5.97 Å². The summed E-state index contributed by atoms with van der Waals surface area (Å²) in [6.07, 6.45) is 3.37. The van der Waals surface area contributed by atoms with Gasteiger partial charge < -0.3 is 92.5 Å². The first kappa shape index (κ1) is 75.9. The first-order chi connectivity index (χ1) is 40.1.